The quantitative estimate of drug-likeness (QED) is 0.677. The molecule has 144 valence electrons. The van der Waals surface area contributed by atoms with Crippen LogP contribution in [0.5, 0.6) is 0 Å². The number of sulfonamides is 1. The third-order valence-corrected chi connectivity index (χ3v) is 5.32. The number of carbonyl (C=O) groups is 2. The van der Waals surface area contributed by atoms with Gasteiger partial charge in [0.1, 0.15) is 0 Å². The predicted molar refractivity (Wildman–Crippen MR) is 104 cm³/mol. The fraction of sp³-hybridized carbons (Fsp3) is 0.300. The second-order valence-corrected chi connectivity index (χ2v) is 8.07. The molecule has 0 heterocycles. The first-order chi connectivity index (χ1) is 12.7. The molecule has 0 aliphatic rings. The molecule has 0 saturated carbocycles. The highest BCUT2D eigenvalue weighted by molar-refractivity contribution is 7.89. The fourth-order valence-corrected chi connectivity index (χ4v) is 3.08. The van der Waals surface area contributed by atoms with Crippen LogP contribution in [-0.4, -0.2) is 26.7 Å². The standard InChI is InChI=1S/C20H24N2O4S/c1-14-3-6-17(13-15(14)2)19(23)9-10-20(24)22-12-11-16-4-7-18(8-5-16)27(21,25)26/h3-8,13H,9-12H2,1-2H3,(H,22,24)(H2,21,25,26). The number of primary sulfonamides is 1. The molecule has 1 amide bonds. The highest BCUT2D eigenvalue weighted by Crippen LogP contribution is 2.12. The maximum absolute atomic E-state index is 12.2. The zero-order chi connectivity index (χ0) is 20.0. The second-order valence-electron chi connectivity index (χ2n) is 6.51. The minimum absolute atomic E-state index is 0.0492. The van der Waals surface area contributed by atoms with Crippen molar-refractivity contribution in [1.82, 2.24) is 5.32 Å². The SMILES string of the molecule is Cc1ccc(C(=O)CCC(=O)NCCc2ccc(S(N)(=O)=O)cc2)cc1C. The molecule has 7 heteroatoms. The second kappa shape index (κ2) is 8.92. The Kier molecular flexibility index (Phi) is 6.87. The largest absolute Gasteiger partial charge is 0.356 e. The number of benzene rings is 2. The number of rotatable bonds is 8. The smallest absolute Gasteiger partial charge is 0.238 e. The van der Waals surface area contributed by atoms with E-state index >= 15 is 0 Å². The molecular weight excluding hydrogens is 364 g/mol. The lowest BCUT2D eigenvalue weighted by molar-refractivity contribution is -0.121. The van der Waals surface area contributed by atoms with Gasteiger partial charge in [-0.15, -0.1) is 0 Å². The summed E-state index contributed by atoms with van der Waals surface area (Å²) < 4.78 is 22.4. The van der Waals surface area contributed by atoms with Gasteiger partial charge in [0.2, 0.25) is 15.9 Å². The molecule has 0 radical (unpaired) electrons. The van der Waals surface area contributed by atoms with Crippen molar-refractivity contribution >= 4 is 21.7 Å². The molecule has 2 aromatic rings. The van der Waals surface area contributed by atoms with Gasteiger partial charge in [-0.2, -0.15) is 0 Å². The van der Waals surface area contributed by atoms with Crippen LogP contribution in [0.25, 0.3) is 0 Å². The van der Waals surface area contributed by atoms with E-state index in [1.807, 2.05) is 26.0 Å². The third-order valence-electron chi connectivity index (χ3n) is 4.40. The molecule has 0 saturated heterocycles. The molecule has 0 aliphatic heterocycles. The van der Waals surface area contributed by atoms with Gasteiger partial charge >= 0.3 is 0 Å². The minimum Gasteiger partial charge on any atom is -0.356 e. The van der Waals surface area contributed by atoms with Gasteiger partial charge in [0.05, 0.1) is 4.90 Å². The molecule has 27 heavy (non-hydrogen) atoms. The fourth-order valence-electron chi connectivity index (χ4n) is 2.57. The van der Waals surface area contributed by atoms with Crippen LogP contribution in [0.1, 0.15) is 39.9 Å². The summed E-state index contributed by atoms with van der Waals surface area (Å²) in [5, 5.41) is 7.82. The van der Waals surface area contributed by atoms with Crippen LogP contribution in [0.15, 0.2) is 47.4 Å². The van der Waals surface area contributed by atoms with Gasteiger partial charge in [0.15, 0.2) is 5.78 Å². The highest BCUT2D eigenvalue weighted by atomic mass is 32.2. The van der Waals surface area contributed by atoms with Crippen LogP contribution in [-0.2, 0) is 21.2 Å². The summed E-state index contributed by atoms with van der Waals surface area (Å²) in [5.74, 6) is -0.236. The number of aryl methyl sites for hydroxylation is 2. The lowest BCUT2D eigenvalue weighted by Gasteiger charge is -2.07. The number of nitrogens with two attached hydrogens (primary N) is 1. The molecule has 0 aromatic heterocycles. The van der Waals surface area contributed by atoms with Gasteiger partial charge in [-0.05, 0) is 55.2 Å². The monoisotopic (exact) mass is 388 g/mol. The van der Waals surface area contributed by atoms with Crippen LogP contribution in [0.4, 0.5) is 0 Å². The van der Waals surface area contributed by atoms with Gasteiger partial charge in [-0.3, -0.25) is 9.59 Å². The van der Waals surface area contributed by atoms with Crippen molar-refractivity contribution < 1.29 is 18.0 Å². The average molecular weight is 388 g/mol. The Morgan fingerprint density at radius 3 is 2.22 bits per heavy atom. The molecule has 0 atom stereocenters. The minimum atomic E-state index is -3.70. The molecule has 6 nitrogen and oxygen atoms in total. The van der Waals surface area contributed by atoms with Crippen molar-refractivity contribution in [2.24, 2.45) is 5.14 Å². The van der Waals surface area contributed by atoms with Gasteiger partial charge in [0, 0.05) is 24.9 Å². The molecule has 0 aliphatic carbocycles. The van der Waals surface area contributed by atoms with Gasteiger partial charge in [-0.25, -0.2) is 13.6 Å². The summed E-state index contributed by atoms with van der Waals surface area (Å²) in [6, 6.07) is 11.7. The van der Waals surface area contributed by atoms with E-state index in [4.69, 9.17) is 5.14 Å². The van der Waals surface area contributed by atoms with E-state index < -0.39 is 10.0 Å². The summed E-state index contributed by atoms with van der Waals surface area (Å²) >= 11 is 0. The first-order valence-electron chi connectivity index (χ1n) is 8.66. The van der Waals surface area contributed by atoms with Crippen LogP contribution in [0, 0.1) is 13.8 Å². The van der Waals surface area contributed by atoms with Crippen molar-refractivity contribution in [2.45, 2.75) is 38.0 Å². The topological polar surface area (TPSA) is 106 Å². The Bertz CT molecular complexity index is 935. The Balaban J connectivity index is 1.76. The molecule has 2 rings (SSSR count). The highest BCUT2D eigenvalue weighted by Gasteiger charge is 2.10. The van der Waals surface area contributed by atoms with Gasteiger partial charge in [-0.1, -0.05) is 24.3 Å². The number of amides is 1. The summed E-state index contributed by atoms with van der Waals surface area (Å²) in [7, 11) is -3.70. The van der Waals surface area contributed by atoms with Gasteiger partial charge in [0.25, 0.3) is 0 Å². The number of ketones is 1. The lowest BCUT2D eigenvalue weighted by atomic mass is 10.0. The molecule has 0 fully saturated rings. The van der Waals surface area contributed by atoms with E-state index in [2.05, 4.69) is 5.32 Å². The normalized spacial score (nSPS) is 11.2. The number of nitrogens with one attached hydrogen (secondary N) is 1. The van der Waals surface area contributed by atoms with Crippen molar-refractivity contribution in [3.05, 3.63) is 64.7 Å². The Labute approximate surface area is 159 Å². The van der Waals surface area contributed by atoms with E-state index in [0.717, 1.165) is 16.7 Å². The first kappa shape index (κ1) is 20.8. The van der Waals surface area contributed by atoms with E-state index in [9.17, 15) is 18.0 Å². The maximum atomic E-state index is 12.2. The number of hydrogen-bond acceptors (Lipinski definition) is 4. The molecule has 0 spiro atoms. The van der Waals surface area contributed by atoms with E-state index in [1.54, 1.807) is 18.2 Å². The number of carbonyl (C=O) groups excluding carboxylic acids is 2. The lowest BCUT2D eigenvalue weighted by Crippen LogP contribution is -2.26. The van der Waals surface area contributed by atoms with Crippen molar-refractivity contribution in [3.8, 4) is 0 Å². The van der Waals surface area contributed by atoms with E-state index in [-0.39, 0.29) is 29.4 Å². The zero-order valence-electron chi connectivity index (χ0n) is 15.5. The summed E-state index contributed by atoms with van der Waals surface area (Å²) in [6.45, 7) is 4.35. The average Bonchev–Trinajstić information content (AvgIpc) is 2.61. The Morgan fingerprint density at radius 1 is 0.963 bits per heavy atom. The van der Waals surface area contributed by atoms with Crippen LogP contribution < -0.4 is 10.5 Å². The molecule has 0 bridgehead atoms. The van der Waals surface area contributed by atoms with E-state index in [1.165, 1.54) is 12.1 Å². The van der Waals surface area contributed by atoms with Crippen LogP contribution in [0.2, 0.25) is 0 Å². The Hall–Kier alpha value is -2.51. The van der Waals surface area contributed by atoms with E-state index in [0.29, 0.717) is 18.5 Å². The van der Waals surface area contributed by atoms with Crippen LogP contribution in [0.3, 0.4) is 0 Å². The molecule has 3 N–H and O–H groups in total. The predicted octanol–water partition coefficient (Wildman–Crippen LogP) is 2.27. The molecular formula is C20H24N2O4S. The first-order valence-corrected chi connectivity index (χ1v) is 10.2. The third kappa shape index (κ3) is 6.30. The zero-order valence-corrected chi connectivity index (χ0v) is 16.3. The van der Waals surface area contributed by atoms with Crippen molar-refractivity contribution in [2.75, 3.05) is 6.54 Å². The summed E-state index contributed by atoms with van der Waals surface area (Å²) in [4.78, 5) is 24.2. The summed E-state index contributed by atoms with van der Waals surface area (Å²) in [6.07, 6.45) is 0.856. The number of Topliss-reactive ketones (excluding diaryl/α,β-unsaturated/α-hetero) is 1. The molecule has 2 aromatic carbocycles. The van der Waals surface area contributed by atoms with Crippen LogP contribution >= 0.6 is 0 Å². The summed E-state index contributed by atoms with van der Waals surface area (Å²) in [5.41, 5.74) is 3.69. The molecule has 0 unspecified atom stereocenters. The van der Waals surface area contributed by atoms with Crippen molar-refractivity contribution in [3.63, 3.8) is 0 Å². The Morgan fingerprint density at radius 2 is 1.63 bits per heavy atom. The van der Waals surface area contributed by atoms with Gasteiger partial charge < -0.3 is 5.32 Å². The van der Waals surface area contributed by atoms with Crippen molar-refractivity contribution in [1.29, 1.82) is 0 Å². The number of hydrogen-bond donors (Lipinski definition) is 2. The maximum Gasteiger partial charge on any atom is 0.238 e.